The molecule has 1 amide bonds. The van der Waals surface area contributed by atoms with Gasteiger partial charge in [0.2, 0.25) is 5.95 Å². The van der Waals surface area contributed by atoms with E-state index < -0.39 is 17.8 Å². The quantitative estimate of drug-likeness (QED) is 0.396. The Morgan fingerprint density at radius 1 is 1.17 bits per heavy atom. The summed E-state index contributed by atoms with van der Waals surface area (Å²) in [6, 6.07) is 8.58. The maximum atomic E-state index is 13.7. The third-order valence-electron chi connectivity index (χ3n) is 6.44. The summed E-state index contributed by atoms with van der Waals surface area (Å²) in [4.78, 5) is 24.5. The largest absolute Gasteiger partial charge is 0.433 e. The predicted molar refractivity (Wildman–Crippen MR) is 125 cm³/mol. The Bertz CT molecular complexity index is 1380. The van der Waals surface area contributed by atoms with E-state index in [1.807, 2.05) is 28.8 Å². The van der Waals surface area contributed by atoms with Crippen LogP contribution in [-0.4, -0.2) is 54.6 Å². The Balaban J connectivity index is 1.51. The summed E-state index contributed by atoms with van der Waals surface area (Å²) in [5.74, 6) is -0.291. The minimum Gasteiger partial charge on any atom is -0.309 e. The second-order valence-electron chi connectivity index (χ2n) is 8.69. The maximum absolute atomic E-state index is 13.7. The number of hydrogen-bond acceptors (Lipinski definition) is 5. The predicted octanol–water partition coefficient (Wildman–Crippen LogP) is 4.57. The molecule has 1 saturated carbocycles. The van der Waals surface area contributed by atoms with E-state index in [1.54, 1.807) is 0 Å². The van der Waals surface area contributed by atoms with Gasteiger partial charge in [-0.25, -0.2) is 14.5 Å². The van der Waals surface area contributed by atoms with Crippen LogP contribution in [-0.2, 0) is 12.7 Å². The number of rotatable bonds is 8. The van der Waals surface area contributed by atoms with Gasteiger partial charge in [-0.05, 0) is 44.1 Å². The van der Waals surface area contributed by atoms with Crippen molar-refractivity contribution in [1.82, 2.24) is 29.0 Å². The lowest BCUT2D eigenvalue weighted by atomic mass is 10.2. The van der Waals surface area contributed by atoms with Crippen molar-refractivity contribution in [3.63, 3.8) is 0 Å². The molecule has 1 aliphatic rings. The third kappa shape index (κ3) is 4.47. The molecule has 5 rings (SSSR count). The zero-order chi connectivity index (χ0) is 24.7. The van der Waals surface area contributed by atoms with E-state index in [1.165, 1.54) is 0 Å². The van der Waals surface area contributed by atoms with E-state index in [9.17, 15) is 18.0 Å². The molecule has 0 atom stereocenters. The molecule has 1 N–H and O–H groups in total. The van der Waals surface area contributed by atoms with Gasteiger partial charge in [0.05, 0.1) is 17.2 Å². The number of imidazole rings is 1. The molecule has 0 radical (unpaired) electrons. The van der Waals surface area contributed by atoms with Crippen molar-refractivity contribution >= 4 is 28.5 Å². The van der Waals surface area contributed by atoms with Gasteiger partial charge < -0.3 is 9.47 Å². The molecule has 8 nitrogen and oxygen atoms in total. The van der Waals surface area contributed by atoms with Crippen molar-refractivity contribution in [3.8, 4) is 0 Å². The number of likely N-dealkylation sites (N-methyl/N-ethyl adjacent to an activating group) is 1. The van der Waals surface area contributed by atoms with Gasteiger partial charge in [0, 0.05) is 24.7 Å². The molecule has 0 spiro atoms. The number of anilines is 1. The number of nitrogens with one attached hydrogen (secondary N) is 1. The third-order valence-corrected chi connectivity index (χ3v) is 6.44. The molecular weight excluding hydrogens is 459 g/mol. The number of nitrogens with zero attached hydrogens (tertiary/aromatic N) is 6. The van der Waals surface area contributed by atoms with Crippen LogP contribution >= 0.6 is 0 Å². The Morgan fingerprint density at radius 3 is 2.60 bits per heavy atom. The molecule has 184 valence electrons. The van der Waals surface area contributed by atoms with E-state index in [0.29, 0.717) is 22.7 Å². The Morgan fingerprint density at radius 2 is 1.91 bits per heavy atom. The van der Waals surface area contributed by atoms with Gasteiger partial charge in [-0.1, -0.05) is 26.0 Å². The molecule has 3 heterocycles. The summed E-state index contributed by atoms with van der Waals surface area (Å²) in [5.41, 5.74) is 0.852. The molecule has 3 aromatic heterocycles. The van der Waals surface area contributed by atoms with E-state index >= 15 is 0 Å². The first-order valence-corrected chi connectivity index (χ1v) is 11.7. The SMILES string of the molecule is CCN(CC)CCn1c(NC(=O)c2cnn3c(C(F)(F)F)cc(C4CC4)nc23)nc2ccccc21. The summed E-state index contributed by atoms with van der Waals surface area (Å²) >= 11 is 0. The molecule has 1 fully saturated rings. The van der Waals surface area contributed by atoms with Crippen LogP contribution in [0.2, 0.25) is 0 Å². The van der Waals surface area contributed by atoms with Crippen LogP contribution in [0.3, 0.4) is 0 Å². The highest BCUT2D eigenvalue weighted by Crippen LogP contribution is 2.41. The Kier molecular flexibility index (Phi) is 5.96. The second kappa shape index (κ2) is 8.95. The van der Waals surface area contributed by atoms with Gasteiger partial charge in [0.1, 0.15) is 11.3 Å². The van der Waals surface area contributed by atoms with Gasteiger partial charge in [0.15, 0.2) is 5.65 Å². The molecule has 0 aliphatic heterocycles. The van der Waals surface area contributed by atoms with Gasteiger partial charge in [-0.3, -0.25) is 10.1 Å². The van der Waals surface area contributed by atoms with Crippen molar-refractivity contribution in [2.45, 2.75) is 45.3 Å². The smallest absolute Gasteiger partial charge is 0.309 e. The first-order chi connectivity index (χ1) is 16.8. The van der Waals surface area contributed by atoms with E-state index in [2.05, 4.69) is 39.1 Å². The Hall–Kier alpha value is -3.47. The van der Waals surface area contributed by atoms with Gasteiger partial charge >= 0.3 is 6.18 Å². The van der Waals surface area contributed by atoms with Crippen LogP contribution in [0.15, 0.2) is 36.5 Å². The van der Waals surface area contributed by atoms with Crippen LogP contribution in [0, 0.1) is 0 Å². The first-order valence-electron chi connectivity index (χ1n) is 11.7. The number of aromatic nitrogens is 5. The van der Waals surface area contributed by atoms with Crippen LogP contribution in [0.4, 0.5) is 19.1 Å². The van der Waals surface area contributed by atoms with Crippen LogP contribution in [0.1, 0.15) is 54.4 Å². The number of halogens is 3. The van der Waals surface area contributed by atoms with Gasteiger partial charge in [-0.15, -0.1) is 0 Å². The molecular formula is C24H26F3N7O. The van der Waals surface area contributed by atoms with E-state index in [0.717, 1.165) is 55.8 Å². The van der Waals surface area contributed by atoms with Crippen molar-refractivity contribution in [3.05, 3.63) is 53.5 Å². The van der Waals surface area contributed by atoms with Crippen LogP contribution in [0.25, 0.3) is 16.7 Å². The standard InChI is InChI=1S/C24H26F3N7O/c1-3-32(4-2)11-12-33-19-8-6-5-7-17(19)30-23(33)31-22(35)16-14-28-34-20(24(25,26)27)13-18(15-9-10-15)29-21(16)34/h5-8,13-15H,3-4,9-12H2,1-2H3,(H,30,31,35). The molecule has 1 aromatic carbocycles. The summed E-state index contributed by atoms with van der Waals surface area (Å²) in [5, 5.41) is 6.65. The molecule has 4 aromatic rings. The zero-order valence-electron chi connectivity index (χ0n) is 19.5. The number of para-hydroxylation sites is 2. The fraction of sp³-hybridized carbons (Fsp3) is 0.417. The Labute approximate surface area is 199 Å². The monoisotopic (exact) mass is 485 g/mol. The van der Waals surface area contributed by atoms with Crippen molar-refractivity contribution in [1.29, 1.82) is 0 Å². The summed E-state index contributed by atoms with van der Waals surface area (Å²) < 4.78 is 43.8. The first kappa shape index (κ1) is 23.3. The average molecular weight is 486 g/mol. The molecule has 1 aliphatic carbocycles. The molecule has 0 saturated heterocycles. The number of benzene rings is 1. The van der Waals surface area contributed by atoms with Crippen LogP contribution < -0.4 is 5.32 Å². The zero-order valence-corrected chi connectivity index (χ0v) is 19.5. The lowest BCUT2D eigenvalue weighted by molar-refractivity contribution is -0.142. The summed E-state index contributed by atoms with van der Waals surface area (Å²) in [7, 11) is 0. The number of amides is 1. The summed E-state index contributed by atoms with van der Waals surface area (Å²) in [6.07, 6.45) is -1.92. The van der Waals surface area contributed by atoms with Crippen molar-refractivity contribution < 1.29 is 18.0 Å². The molecule has 11 heteroatoms. The van der Waals surface area contributed by atoms with E-state index in [-0.39, 0.29) is 17.1 Å². The number of fused-ring (bicyclic) bond motifs is 2. The second-order valence-corrected chi connectivity index (χ2v) is 8.69. The van der Waals surface area contributed by atoms with Gasteiger partial charge in [-0.2, -0.15) is 18.3 Å². The topological polar surface area (TPSA) is 80.3 Å². The highest BCUT2D eigenvalue weighted by Gasteiger charge is 2.38. The summed E-state index contributed by atoms with van der Waals surface area (Å²) in [6.45, 7) is 7.31. The number of carbonyl (C=O) groups is 1. The number of hydrogen-bond donors (Lipinski definition) is 1. The fourth-order valence-electron chi connectivity index (χ4n) is 4.28. The highest BCUT2D eigenvalue weighted by molar-refractivity contribution is 6.08. The fourth-order valence-corrected chi connectivity index (χ4v) is 4.28. The van der Waals surface area contributed by atoms with Crippen molar-refractivity contribution in [2.24, 2.45) is 0 Å². The van der Waals surface area contributed by atoms with E-state index in [4.69, 9.17) is 0 Å². The maximum Gasteiger partial charge on any atom is 0.433 e. The number of alkyl halides is 3. The molecule has 0 bridgehead atoms. The molecule has 35 heavy (non-hydrogen) atoms. The number of carbonyl (C=O) groups excluding carboxylic acids is 1. The van der Waals surface area contributed by atoms with Crippen LogP contribution in [0.5, 0.6) is 0 Å². The highest BCUT2D eigenvalue weighted by atomic mass is 19.4. The minimum absolute atomic E-state index is 0.0174. The minimum atomic E-state index is -4.62. The molecule has 0 unspecified atom stereocenters. The van der Waals surface area contributed by atoms with Crippen molar-refractivity contribution in [2.75, 3.05) is 25.0 Å². The van der Waals surface area contributed by atoms with Gasteiger partial charge in [0.25, 0.3) is 5.91 Å². The lowest BCUT2D eigenvalue weighted by Gasteiger charge is -2.19. The normalized spacial score (nSPS) is 14.3. The lowest BCUT2D eigenvalue weighted by Crippen LogP contribution is -2.27. The average Bonchev–Trinajstić information content (AvgIpc) is 3.50.